The second-order valence-electron chi connectivity index (χ2n) is 6.09. The molecule has 1 aliphatic rings. The zero-order valence-electron chi connectivity index (χ0n) is 14.2. The van der Waals surface area contributed by atoms with Crippen LogP contribution < -0.4 is 16.4 Å². The minimum Gasteiger partial charge on any atom is -0.398 e. The molecule has 1 unspecified atom stereocenters. The molecule has 4 N–H and O–H groups in total. The van der Waals surface area contributed by atoms with Crippen LogP contribution in [0.15, 0.2) is 36.4 Å². The highest BCUT2D eigenvalue weighted by Gasteiger charge is 2.37. The highest BCUT2D eigenvalue weighted by Crippen LogP contribution is 2.37. The summed E-state index contributed by atoms with van der Waals surface area (Å²) >= 11 is 0. The number of rotatable bonds is 4. The molecule has 0 saturated carbocycles. The maximum absolute atomic E-state index is 13.3. The van der Waals surface area contributed by atoms with Crippen LogP contribution in [-0.4, -0.2) is 24.5 Å². The minimum absolute atomic E-state index is 0.0628. The van der Waals surface area contributed by atoms with Crippen LogP contribution in [0.5, 0.6) is 0 Å². The Morgan fingerprint density at radius 1 is 1.15 bits per heavy atom. The molecule has 0 spiro atoms. The van der Waals surface area contributed by atoms with Crippen LogP contribution in [0.4, 0.5) is 30.2 Å². The molecule has 2 amide bonds. The third-order valence-electron chi connectivity index (χ3n) is 4.01. The van der Waals surface area contributed by atoms with Gasteiger partial charge < -0.3 is 21.1 Å². The maximum atomic E-state index is 13.3. The first kappa shape index (κ1) is 18.7. The molecule has 3 rings (SSSR count). The van der Waals surface area contributed by atoms with Gasteiger partial charge in [0.1, 0.15) is 0 Å². The zero-order valence-corrected chi connectivity index (χ0v) is 14.2. The summed E-state index contributed by atoms with van der Waals surface area (Å²) in [6.45, 7) is 1.95. The molecule has 9 heteroatoms. The highest BCUT2D eigenvalue weighted by molar-refractivity contribution is 6.05. The summed E-state index contributed by atoms with van der Waals surface area (Å²) in [7, 11) is 0. The van der Waals surface area contributed by atoms with Crippen molar-refractivity contribution in [3.8, 4) is 0 Å². The summed E-state index contributed by atoms with van der Waals surface area (Å²) in [5, 5.41) is 4.59. The van der Waals surface area contributed by atoms with Crippen LogP contribution in [0.25, 0.3) is 0 Å². The van der Waals surface area contributed by atoms with Crippen LogP contribution >= 0.6 is 0 Å². The Morgan fingerprint density at radius 2 is 1.85 bits per heavy atom. The van der Waals surface area contributed by atoms with Gasteiger partial charge in [-0.05, 0) is 42.8 Å². The molecule has 27 heavy (non-hydrogen) atoms. The van der Waals surface area contributed by atoms with Crippen molar-refractivity contribution in [1.29, 1.82) is 0 Å². The second-order valence-corrected chi connectivity index (χ2v) is 6.09. The quantitative estimate of drug-likeness (QED) is 0.561. The molecule has 1 fully saturated rings. The normalized spacial score (nSPS) is 15.9. The number of nitrogen functional groups attached to an aromatic ring is 1. The van der Waals surface area contributed by atoms with E-state index in [0.717, 1.165) is 17.7 Å². The van der Waals surface area contributed by atoms with Gasteiger partial charge >= 0.3 is 6.18 Å². The molecule has 2 aromatic carbocycles. The van der Waals surface area contributed by atoms with E-state index in [1.54, 1.807) is 13.0 Å². The van der Waals surface area contributed by atoms with Crippen LogP contribution in [0.1, 0.15) is 21.5 Å². The second kappa shape index (κ2) is 6.92. The fourth-order valence-corrected chi connectivity index (χ4v) is 2.36. The molecule has 6 nitrogen and oxygen atoms in total. The third-order valence-corrected chi connectivity index (χ3v) is 4.01. The molecule has 1 atom stereocenters. The molecule has 1 saturated heterocycles. The van der Waals surface area contributed by atoms with Crippen molar-refractivity contribution in [1.82, 2.24) is 0 Å². The summed E-state index contributed by atoms with van der Waals surface area (Å²) in [6, 6.07) is 7.73. The lowest BCUT2D eigenvalue weighted by atomic mass is 10.1. The largest absolute Gasteiger partial charge is 0.418 e. The fraction of sp³-hybridized carbons (Fsp3) is 0.222. The fourth-order valence-electron chi connectivity index (χ4n) is 2.36. The van der Waals surface area contributed by atoms with Gasteiger partial charge in [-0.2, -0.15) is 13.2 Å². The van der Waals surface area contributed by atoms with E-state index in [2.05, 4.69) is 10.6 Å². The Balaban J connectivity index is 1.84. The van der Waals surface area contributed by atoms with E-state index in [0.29, 0.717) is 5.69 Å². The predicted octanol–water partition coefficient (Wildman–Crippen LogP) is 3.19. The number of epoxide rings is 1. The first-order valence-corrected chi connectivity index (χ1v) is 7.96. The Labute approximate surface area is 152 Å². The number of carbonyl (C=O) groups excluding carboxylic acids is 2. The minimum atomic E-state index is -4.72. The average Bonchev–Trinajstić information content (AvgIpc) is 3.42. The first-order valence-electron chi connectivity index (χ1n) is 7.96. The van der Waals surface area contributed by atoms with Crippen molar-refractivity contribution >= 4 is 28.9 Å². The van der Waals surface area contributed by atoms with Crippen molar-refractivity contribution in [2.24, 2.45) is 0 Å². The molecule has 0 bridgehead atoms. The van der Waals surface area contributed by atoms with Gasteiger partial charge in [0, 0.05) is 16.9 Å². The number of anilines is 3. The van der Waals surface area contributed by atoms with Crippen LogP contribution in [0.2, 0.25) is 0 Å². The summed E-state index contributed by atoms with van der Waals surface area (Å²) in [6.07, 6.45) is -5.44. The van der Waals surface area contributed by atoms with Gasteiger partial charge in [0.2, 0.25) is 0 Å². The standard InChI is InChI=1S/C18H16F3N3O3/c1-9-2-3-10(6-13(9)22)16(25)23-11-4-5-14(12(7-11)18(19,20)21)24-17(26)15-8-27-15/h2-7,15H,8,22H2,1H3,(H,23,25)(H,24,26). The maximum Gasteiger partial charge on any atom is 0.418 e. The van der Waals surface area contributed by atoms with Crippen LogP contribution in [0, 0.1) is 6.92 Å². The Hall–Kier alpha value is -3.07. The molecular formula is C18H16F3N3O3. The zero-order chi connectivity index (χ0) is 19.8. The average molecular weight is 379 g/mol. The Kier molecular flexibility index (Phi) is 4.79. The van der Waals surface area contributed by atoms with Crippen molar-refractivity contribution in [3.05, 3.63) is 53.1 Å². The molecular weight excluding hydrogens is 363 g/mol. The number of nitrogens with two attached hydrogens (primary N) is 1. The predicted molar refractivity (Wildman–Crippen MR) is 93.4 cm³/mol. The molecule has 0 aromatic heterocycles. The van der Waals surface area contributed by atoms with Gasteiger partial charge in [-0.25, -0.2) is 0 Å². The van der Waals surface area contributed by atoms with E-state index in [1.165, 1.54) is 18.2 Å². The van der Waals surface area contributed by atoms with Crippen LogP contribution in [-0.2, 0) is 15.7 Å². The molecule has 0 aliphatic carbocycles. The topological polar surface area (TPSA) is 96.8 Å². The van der Waals surface area contributed by atoms with E-state index in [1.807, 2.05) is 0 Å². The smallest absolute Gasteiger partial charge is 0.398 e. The van der Waals surface area contributed by atoms with E-state index in [-0.39, 0.29) is 17.9 Å². The number of halogens is 3. The van der Waals surface area contributed by atoms with Gasteiger partial charge in [0.25, 0.3) is 11.8 Å². The molecule has 1 heterocycles. The van der Waals surface area contributed by atoms with E-state index in [4.69, 9.17) is 10.5 Å². The summed E-state index contributed by atoms with van der Waals surface area (Å²) in [5.41, 5.74) is 5.62. The summed E-state index contributed by atoms with van der Waals surface area (Å²) in [4.78, 5) is 23.9. The Bertz CT molecular complexity index is 908. The molecule has 1 aliphatic heterocycles. The number of alkyl halides is 3. The van der Waals surface area contributed by atoms with Gasteiger partial charge in [0.15, 0.2) is 6.10 Å². The SMILES string of the molecule is Cc1ccc(C(=O)Nc2ccc(NC(=O)C3CO3)c(C(F)(F)F)c2)cc1N. The number of carbonyl (C=O) groups is 2. The van der Waals surface area contributed by atoms with Crippen molar-refractivity contribution in [2.45, 2.75) is 19.2 Å². The van der Waals surface area contributed by atoms with Gasteiger partial charge in [0.05, 0.1) is 17.9 Å². The number of amides is 2. The number of nitrogens with one attached hydrogen (secondary N) is 2. The molecule has 142 valence electrons. The number of hydrogen-bond donors (Lipinski definition) is 3. The third kappa shape index (κ3) is 4.37. The molecule has 0 radical (unpaired) electrons. The summed E-state index contributed by atoms with van der Waals surface area (Å²) in [5.74, 6) is -1.24. The molecule has 2 aromatic rings. The van der Waals surface area contributed by atoms with Crippen LogP contribution in [0.3, 0.4) is 0 Å². The number of hydrogen-bond acceptors (Lipinski definition) is 4. The van der Waals surface area contributed by atoms with E-state index in [9.17, 15) is 22.8 Å². The van der Waals surface area contributed by atoms with Gasteiger partial charge in [-0.1, -0.05) is 6.07 Å². The van der Waals surface area contributed by atoms with Crippen molar-refractivity contribution < 1.29 is 27.5 Å². The lowest BCUT2D eigenvalue weighted by Gasteiger charge is -2.15. The van der Waals surface area contributed by atoms with Gasteiger partial charge in [-0.15, -0.1) is 0 Å². The lowest BCUT2D eigenvalue weighted by molar-refractivity contribution is -0.136. The monoisotopic (exact) mass is 379 g/mol. The van der Waals surface area contributed by atoms with Crippen molar-refractivity contribution in [3.63, 3.8) is 0 Å². The summed E-state index contributed by atoms with van der Waals surface area (Å²) < 4.78 is 44.8. The number of benzene rings is 2. The first-order chi connectivity index (χ1) is 12.6. The van der Waals surface area contributed by atoms with E-state index < -0.39 is 35.3 Å². The lowest BCUT2D eigenvalue weighted by Crippen LogP contribution is -2.21. The Morgan fingerprint density at radius 3 is 2.44 bits per heavy atom. The van der Waals surface area contributed by atoms with E-state index >= 15 is 0 Å². The van der Waals surface area contributed by atoms with Crippen molar-refractivity contribution in [2.75, 3.05) is 23.0 Å². The number of ether oxygens (including phenoxy) is 1. The number of aryl methyl sites for hydroxylation is 1. The van der Waals surface area contributed by atoms with Gasteiger partial charge in [-0.3, -0.25) is 9.59 Å². The highest BCUT2D eigenvalue weighted by atomic mass is 19.4.